The summed E-state index contributed by atoms with van der Waals surface area (Å²) in [4.78, 5) is 23.6. The van der Waals surface area contributed by atoms with Crippen LogP contribution >= 0.6 is 0 Å². The van der Waals surface area contributed by atoms with E-state index in [4.69, 9.17) is 0 Å². The Bertz CT molecular complexity index is 749. The SMILES string of the molecule is Cn1nc(C(=O)Nc2cccc3c2CCCC3)ccc1=O. The Morgan fingerprint density at radius 3 is 2.81 bits per heavy atom. The van der Waals surface area contributed by atoms with Gasteiger partial charge in [-0.15, -0.1) is 0 Å². The molecule has 1 aromatic heterocycles. The topological polar surface area (TPSA) is 64.0 Å². The van der Waals surface area contributed by atoms with Crippen LogP contribution in [0.15, 0.2) is 35.1 Å². The van der Waals surface area contributed by atoms with Gasteiger partial charge in [0.1, 0.15) is 5.69 Å². The van der Waals surface area contributed by atoms with Crippen LogP contribution in [0, 0.1) is 0 Å². The molecule has 0 unspecified atom stereocenters. The molecule has 0 fully saturated rings. The molecule has 1 amide bonds. The summed E-state index contributed by atoms with van der Waals surface area (Å²) in [6.45, 7) is 0. The molecule has 21 heavy (non-hydrogen) atoms. The Kier molecular flexibility index (Phi) is 3.56. The van der Waals surface area contributed by atoms with E-state index in [1.165, 1.54) is 36.7 Å². The molecule has 0 atom stereocenters. The first-order valence-electron chi connectivity index (χ1n) is 7.11. The Hall–Kier alpha value is -2.43. The number of anilines is 1. The number of carbonyl (C=O) groups is 1. The van der Waals surface area contributed by atoms with Crippen LogP contribution in [0.25, 0.3) is 0 Å². The van der Waals surface area contributed by atoms with E-state index in [-0.39, 0.29) is 17.2 Å². The molecule has 1 aliphatic carbocycles. The van der Waals surface area contributed by atoms with Gasteiger partial charge in [-0.05, 0) is 48.9 Å². The summed E-state index contributed by atoms with van der Waals surface area (Å²) in [6, 6.07) is 8.81. The summed E-state index contributed by atoms with van der Waals surface area (Å²) in [6.07, 6.45) is 4.41. The highest BCUT2D eigenvalue weighted by Gasteiger charge is 2.16. The molecule has 1 aromatic carbocycles. The molecule has 1 aliphatic rings. The highest BCUT2D eigenvalue weighted by Crippen LogP contribution is 2.27. The quantitative estimate of drug-likeness (QED) is 0.915. The van der Waals surface area contributed by atoms with Gasteiger partial charge in [0.05, 0.1) is 0 Å². The number of nitrogens with one attached hydrogen (secondary N) is 1. The van der Waals surface area contributed by atoms with Crippen molar-refractivity contribution in [1.82, 2.24) is 9.78 Å². The molecule has 1 heterocycles. The normalized spacial score (nSPS) is 13.6. The number of rotatable bonds is 2. The lowest BCUT2D eigenvalue weighted by Crippen LogP contribution is -2.24. The van der Waals surface area contributed by atoms with Gasteiger partial charge in [0, 0.05) is 18.8 Å². The molecular weight excluding hydrogens is 266 g/mol. The van der Waals surface area contributed by atoms with Crippen molar-refractivity contribution in [1.29, 1.82) is 0 Å². The van der Waals surface area contributed by atoms with Crippen molar-refractivity contribution in [2.24, 2.45) is 7.05 Å². The Balaban J connectivity index is 1.88. The zero-order chi connectivity index (χ0) is 14.8. The minimum atomic E-state index is -0.287. The summed E-state index contributed by atoms with van der Waals surface area (Å²) >= 11 is 0. The van der Waals surface area contributed by atoms with Crippen molar-refractivity contribution in [3.8, 4) is 0 Å². The van der Waals surface area contributed by atoms with Crippen molar-refractivity contribution < 1.29 is 4.79 Å². The van der Waals surface area contributed by atoms with Crippen LogP contribution in [0.3, 0.4) is 0 Å². The minimum absolute atomic E-state index is 0.233. The number of aromatic nitrogens is 2. The van der Waals surface area contributed by atoms with E-state index in [0.29, 0.717) is 0 Å². The largest absolute Gasteiger partial charge is 0.320 e. The second kappa shape index (κ2) is 5.52. The number of amides is 1. The summed E-state index contributed by atoms with van der Waals surface area (Å²) in [5, 5.41) is 6.89. The molecule has 0 saturated heterocycles. The van der Waals surface area contributed by atoms with Gasteiger partial charge in [0.2, 0.25) is 0 Å². The van der Waals surface area contributed by atoms with Crippen molar-refractivity contribution in [3.05, 3.63) is 57.5 Å². The van der Waals surface area contributed by atoms with Gasteiger partial charge in [0.25, 0.3) is 11.5 Å². The maximum Gasteiger partial charge on any atom is 0.276 e. The first-order valence-corrected chi connectivity index (χ1v) is 7.11. The van der Waals surface area contributed by atoms with E-state index in [1.54, 1.807) is 0 Å². The van der Waals surface area contributed by atoms with Gasteiger partial charge in [0.15, 0.2) is 0 Å². The fourth-order valence-electron chi connectivity index (χ4n) is 2.71. The van der Waals surface area contributed by atoms with Gasteiger partial charge in [-0.3, -0.25) is 9.59 Å². The van der Waals surface area contributed by atoms with Crippen molar-refractivity contribution >= 4 is 11.6 Å². The molecule has 0 radical (unpaired) electrons. The van der Waals surface area contributed by atoms with Crippen LogP contribution in [0.5, 0.6) is 0 Å². The van der Waals surface area contributed by atoms with Crippen molar-refractivity contribution in [2.75, 3.05) is 5.32 Å². The summed E-state index contributed by atoms with van der Waals surface area (Å²) in [5.74, 6) is -0.287. The van der Waals surface area contributed by atoms with Gasteiger partial charge in [-0.2, -0.15) is 5.10 Å². The molecule has 0 spiro atoms. The molecule has 5 heteroatoms. The molecule has 1 N–H and O–H groups in total. The lowest BCUT2D eigenvalue weighted by molar-refractivity contribution is 0.102. The van der Waals surface area contributed by atoms with E-state index >= 15 is 0 Å². The van der Waals surface area contributed by atoms with Gasteiger partial charge >= 0.3 is 0 Å². The number of nitrogens with zero attached hydrogens (tertiary/aromatic N) is 2. The lowest BCUT2D eigenvalue weighted by atomic mass is 9.90. The fraction of sp³-hybridized carbons (Fsp3) is 0.312. The predicted molar refractivity (Wildman–Crippen MR) is 80.5 cm³/mol. The molecular formula is C16H17N3O2. The highest BCUT2D eigenvalue weighted by molar-refractivity contribution is 6.03. The number of hydrogen-bond donors (Lipinski definition) is 1. The third-order valence-corrected chi connectivity index (χ3v) is 3.84. The number of fused-ring (bicyclic) bond motifs is 1. The molecule has 0 bridgehead atoms. The lowest BCUT2D eigenvalue weighted by Gasteiger charge is -2.19. The second-order valence-electron chi connectivity index (χ2n) is 5.28. The fourth-order valence-corrected chi connectivity index (χ4v) is 2.71. The van der Waals surface area contributed by atoms with Crippen LogP contribution in [0.2, 0.25) is 0 Å². The molecule has 0 saturated carbocycles. The Morgan fingerprint density at radius 1 is 1.19 bits per heavy atom. The van der Waals surface area contributed by atoms with Crippen molar-refractivity contribution in [2.45, 2.75) is 25.7 Å². The van der Waals surface area contributed by atoms with Crippen molar-refractivity contribution in [3.63, 3.8) is 0 Å². The summed E-state index contributed by atoms with van der Waals surface area (Å²) in [7, 11) is 1.53. The maximum atomic E-state index is 12.3. The molecule has 108 valence electrons. The molecule has 0 aliphatic heterocycles. The average Bonchev–Trinajstić information content (AvgIpc) is 2.50. The monoisotopic (exact) mass is 283 g/mol. The Morgan fingerprint density at radius 2 is 2.00 bits per heavy atom. The third-order valence-electron chi connectivity index (χ3n) is 3.84. The standard InChI is InChI=1S/C16H17N3O2/c1-19-15(20)10-9-14(18-19)16(21)17-13-8-4-6-11-5-2-3-7-12(11)13/h4,6,8-10H,2-3,5,7H2,1H3,(H,17,21). The second-order valence-corrected chi connectivity index (χ2v) is 5.28. The minimum Gasteiger partial charge on any atom is -0.320 e. The first kappa shape index (κ1) is 13.5. The number of hydrogen-bond acceptors (Lipinski definition) is 3. The van der Waals surface area contributed by atoms with E-state index in [0.717, 1.165) is 29.6 Å². The summed E-state index contributed by atoms with van der Waals surface area (Å²) < 4.78 is 1.16. The zero-order valence-corrected chi connectivity index (χ0v) is 11.9. The van der Waals surface area contributed by atoms with Crippen LogP contribution < -0.4 is 10.9 Å². The van der Waals surface area contributed by atoms with E-state index in [2.05, 4.69) is 16.5 Å². The van der Waals surface area contributed by atoms with Gasteiger partial charge in [-0.1, -0.05) is 12.1 Å². The Labute approximate surface area is 122 Å². The highest BCUT2D eigenvalue weighted by atomic mass is 16.2. The zero-order valence-electron chi connectivity index (χ0n) is 11.9. The van der Waals surface area contributed by atoms with Gasteiger partial charge < -0.3 is 5.32 Å². The summed E-state index contributed by atoms with van der Waals surface area (Å²) in [5.41, 5.74) is 3.40. The van der Waals surface area contributed by atoms with E-state index in [9.17, 15) is 9.59 Å². The molecule has 2 aromatic rings. The number of aryl methyl sites for hydroxylation is 2. The van der Waals surface area contributed by atoms with E-state index < -0.39 is 0 Å². The first-order chi connectivity index (χ1) is 10.1. The van der Waals surface area contributed by atoms with E-state index in [1.807, 2.05) is 12.1 Å². The molecule has 5 nitrogen and oxygen atoms in total. The number of carbonyl (C=O) groups excluding carboxylic acids is 1. The van der Waals surface area contributed by atoms with Gasteiger partial charge in [-0.25, -0.2) is 4.68 Å². The van der Waals surface area contributed by atoms with Crippen LogP contribution in [0.1, 0.15) is 34.5 Å². The van der Waals surface area contributed by atoms with Crippen LogP contribution in [-0.4, -0.2) is 15.7 Å². The van der Waals surface area contributed by atoms with Crippen LogP contribution in [0.4, 0.5) is 5.69 Å². The predicted octanol–water partition coefficient (Wildman–Crippen LogP) is 1.91. The number of benzene rings is 1. The van der Waals surface area contributed by atoms with Crippen LogP contribution in [-0.2, 0) is 19.9 Å². The average molecular weight is 283 g/mol. The maximum absolute atomic E-state index is 12.3. The smallest absolute Gasteiger partial charge is 0.276 e. The molecule has 3 rings (SSSR count). The third kappa shape index (κ3) is 2.72.